The lowest BCUT2D eigenvalue weighted by Crippen LogP contribution is -2.35. The Morgan fingerprint density at radius 2 is 1.78 bits per heavy atom. The Hall–Kier alpha value is -2.62. The quantitative estimate of drug-likeness (QED) is 0.224. The van der Waals surface area contributed by atoms with Crippen LogP contribution in [0.5, 0.6) is 0 Å². The van der Waals surface area contributed by atoms with Gasteiger partial charge in [0.2, 0.25) is 0 Å². The third kappa shape index (κ3) is 5.79. The molecule has 2 aromatic rings. The molecule has 2 aromatic carbocycles. The van der Waals surface area contributed by atoms with Crippen molar-refractivity contribution in [2.45, 2.75) is 85.7 Å². The first kappa shape index (κ1) is 25.6. The zero-order chi connectivity index (χ0) is 23.7. The smallest absolute Gasteiger partial charge is 0.316 e. The Morgan fingerprint density at radius 1 is 1.06 bits per heavy atom. The van der Waals surface area contributed by atoms with Gasteiger partial charge >= 0.3 is 5.97 Å². The summed E-state index contributed by atoms with van der Waals surface area (Å²) in [6.45, 7) is 12.8. The minimum absolute atomic E-state index is 0.208. The van der Waals surface area contributed by atoms with Gasteiger partial charge in [0.25, 0.3) is 0 Å². The monoisotopic (exact) mass is 437 g/mol. The van der Waals surface area contributed by atoms with Gasteiger partial charge in [-0.05, 0) is 79.5 Å². The van der Waals surface area contributed by atoms with Crippen molar-refractivity contribution in [2.24, 2.45) is 5.16 Å². The van der Waals surface area contributed by atoms with Gasteiger partial charge in [-0.3, -0.25) is 4.79 Å². The van der Waals surface area contributed by atoms with Crippen LogP contribution in [-0.2, 0) is 39.2 Å². The summed E-state index contributed by atoms with van der Waals surface area (Å²) in [5.41, 5.74) is 7.00. The SMILES string of the molecule is CCCCC(C)(C(=O)OC)c1cccc(C)c1CO/N=C(\C)c1ccc(CC)c(CC)c1. The molecule has 0 heterocycles. The first-order chi connectivity index (χ1) is 15.3. The number of nitrogens with zero attached hydrogens (tertiary/aromatic N) is 1. The Bertz CT molecular complexity index is 948. The lowest BCUT2D eigenvalue weighted by atomic mass is 9.75. The van der Waals surface area contributed by atoms with Crippen molar-refractivity contribution < 1.29 is 14.4 Å². The molecular formula is C28H39NO3. The number of aryl methyl sites for hydroxylation is 3. The molecule has 0 radical (unpaired) electrons. The molecule has 0 spiro atoms. The van der Waals surface area contributed by atoms with E-state index < -0.39 is 5.41 Å². The van der Waals surface area contributed by atoms with E-state index >= 15 is 0 Å². The molecule has 0 bridgehead atoms. The highest BCUT2D eigenvalue weighted by molar-refractivity contribution is 5.98. The Balaban J connectivity index is 2.31. The molecule has 0 saturated heterocycles. The molecule has 2 rings (SSSR count). The number of esters is 1. The van der Waals surface area contributed by atoms with E-state index in [2.05, 4.69) is 44.1 Å². The van der Waals surface area contributed by atoms with Crippen LogP contribution in [0, 0.1) is 6.92 Å². The van der Waals surface area contributed by atoms with E-state index in [1.807, 2.05) is 39.0 Å². The molecule has 4 heteroatoms. The fourth-order valence-corrected chi connectivity index (χ4v) is 4.28. The zero-order valence-electron chi connectivity index (χ0n) is 20.9. The molecular weight excluding hydrogens is 398 g/mol. The molecule has 0 aliphatic carbocycles. The van der Waals surface area contributed by atoms with Gasteiger partial charge in [0.15, 0.2) is 0 Å². The van der Waals surface area contributed by atoms with Gasteiger partial charge in [0.05, 0.1) is 18.2 Å². The number of methoxy groups -OCH3 is 1. The summed E-state index contributed by atoms with van der Waals surface area (Å²) in [7, 11) is 1.46. The van der Waals surface area contributed by atoms with Crippen LogP contribution in [0.4, 0.5) is 0 Å². The van der Waals surface area contributed by atoms with E-state index in [1.165, 1.54) is 18.2 Å². The van der Waals surface area contributed by atoms with E-state index in [0.29, 0.717) is 6.61 Å². The van der Waals surface area contributed by atoms with Crippen LogP contribution in [0.2, 0.25) is 0 Å². The summed E-state index contributed by atoms with van der Waals surface area (Å²) >= 11 is 0. The topological polar surface area (TPSA) is 47.9 Å². The number of carbonyl (C=O) groups is 1. The Morgan fingerprint density at radius 3 is 2.41 bits per heavy atom. The summed E-state index contributed by atoms with van der Waals surface area (Å²) in [6, 6.07) is 12.6. The predicted molar refractivity (Wildman–Crippen MR) is 132 cm³/mol. The van der Waals surface area contributed by atoms with Crippen molar-refractivity contribution >= 4 is 11.7 Å². The summed E-state index contributed by atoms with van der Waals surface area (Å²) in [5.74, 6) is -0.208. The van der Waals surface area contributed by atoms with Gasteiger partial charge in [-0.15, -0.1) is 0 Å². The van der Waals surface area contributed by atoms with Crippen LogP contribution in [0.3, 0.4) is 0 Å². The van der Waals surface area contributed by atoms with E-state index in [9.17, 15) is 4.79 Å². The van der Waals surface area contributed by atoms with E-state index in [4.69, 9.17) is 9.57 Å². The number of oxime groups is 1. The molecule has 4 nitrogen and oxygen atoms in total. The molecule has 1 unspecified atom stereocenters. The molecule has 174 valence electrons. The van der Waals surface area contributed by atoms with Gasteiger partial charge < -0.3 is 9.57 Å². The third-order valence-electron chi connectivity index (χ3n) is 6.47. The van der Waals surface area contributed by atoms with Gasteiger partial charge in [-0.1, -0.05) is 69.1 Å². The number of hydrogen-bond donors (Lipinski definition) is 0. The molecule has 0 fully saturated rings. The second-order valence-electron chi connectivity index (χ2n) is 8.67. The fourth-order valence-electron chi connectivity index (χ4n) is 4.28. The zero-order valence-corrected chi connectivity index (χ0v) is 20.9. The summed E-state index contributed by atoms with van der Waals surface area (Å²) < 4.78 is 5.20. The van der Waals surface area contributed by atoms with Crippen molar-refractivity contribution in [3.8, 4) is 0 Å². The average Bonchev–Trinajstić information content (AvgIpc) is 2.82. The number of carbonyl (C=O) groups excluding carboxylic acids is 1. The molecule has 32 heavy (non-hydrogen) atoms. The lowest BCUT2D eigenvalue weighted by molar-refractivity contribution is -0.147. The van der Waals surface area contributed by atoms with E-state index in [-0.39, 0.29) is 5.97 Å². The minimum Gasteiger partial charge on any atom is -0.468 e. The van der Waals surface area contributed by atoms with Crippen molar-refractivity contribution in [3.63, 3.8) is 0 Å². The van der Waals surface area contributed by atoms with Crippen LogP contribution in [0.1, 0.15) is 87.3 Å². The van der Waals surface area contributed by atoms with Crippen molar-refractivity contribution in [1.82, 2.24) is 0 Å². The van der Waals surface area contributed by atoms with Crippen LogP contribution in [0.15, 0.2) is 41.6 Å². The van der Waals surface area contributed by atoms with Crippen LogP contribution < -0.4 is 0 Å². The van der Waals surface area contributed by atoms with E-state index in [0.717, 1.165) is 60.1 Å². The number of benzene rings is 2. The maximum atomic E-state index is 12.8. The summed E-state index contributed by atoms with van der Waals surface area (Å²) in [5, 5.41) is 4.41. The highest BCUT2D eigenvalue weighted by Gasteiger charge is 2.37. The highest BCUT2D eigenvalue weighted by atomic mass is 16.6. The molecule has 0 aliphatic rings. The van der Waals surface area contributed by atoms with Crippen molar-refractivity contribution in [3.05, 3.63) is 69.8 Å². The average molecular weight is 438 g/mol. The lowest BCUT2D eigenvalue weighted by Gasteiger charge is -2.30. The predicted octanol–water partition coefficient (Wildman–Crippen LogP) is 6.68. The summed E-state index contributed by atoms with van der Waals surface area (Å²) in [6.07, 6.45) is 4.73. The molecule has 0 amide bonds. The molecule has 1 atom stereocenters. The van der Waals surface area contributed by atoms with Crippen LogP contribution in [0.25, 0.3) is 0 Å². The van der Waals surface area contributed by atoms with Crippen molar-refractivity contribution in [1.29, 1.82) is 0 Å². The van der Waals surface area contributed by atoms with Gasteiger partial charge in [-0.2, -0.15) is 0 Å². The normalized spacial score (nSPS) is 13.5. The standard InChI is InChI=1S/C28H39NO3/c1-8-11-17-28(6,27(30)31-7)26-14-12-13-20(4)25(26)19-32-29-21(5)24-16-15-22(9-2)23(10-3)18-24/h12-16,18H,8-11,17,19H2,1-7H3/b29-21+. The second-order valence-corrected chi connectivity index (χ2v) is 8.67. The largest absolute Gasteiger partial charge is 0.468 e. The highest BCUT2D eigenvalue weighted by Crippen LogP contribution is 2.35. The van der Waals surface area contributed by atoms with Crippen LogP contribution in [-0.4, -0.2) is 18.8 Å². The van der Waals surface area contributed by atoms with E-state index in [1.54, 1.807) is 0 Å². The van der Waals surface area contributed by atoms with Gasteiger partial charge in [-0.25, -0.2) is 0 Å². The Labute approximate surface area is 194 Å². The van der Waals surface area contributed by atoms with Gasteiger partial charge in [0.1, 0.15) is 6.61 Å². The maximum Gasteiger partial charge on any atom is 0.316 e. The number of unbranched alkanes of at least 4 members (excludes halogenated alkanes) is 1. The number of hydrogen-bond acceptors (Lipinski definition) is 4. The molecule has 0 saturated carbocycles. The minimum atomic E-state index is -0.708. The van der Waals surface area contributed by atoms with Crippen molar-refractivity contribution in [2.75, 3.05) is 7.11 Å². The number of ether oxygens (including phenoxy) is 1. The molecule has 0 aliphatic heterocycles. The van der Waals surface area contributed by atoms with Gasteiger partial charge in [0, 0.05) is 0 Å². The van der Waals surface area contributed by atoms with Crippen LogP contribution >= 0.6 is 0 Å². The second kappa shape index (κ2) is 11.8. The summed E-state index contributed by atoms with van der Waals surface area (Å²) in [4.78, 5) is 18.6. The first-order valence-corrected chi connectivity index (χ1v) is 11.8. The Kier molecular flexibility index (Phi) is 9.49. The molecule has 0 N–H and O–H groups in total. The number of rotatable bonds is 11. The fraction of sp³-hybridized carbons (Fsp3) is 0.500. The maximum absolute atomic E-state index is 12.8. The molecule has 0 aromatic heterocycles. The third-order valence-corrected chi connectivity index (χ3v) is 6.47. The first-order valence-electron chi connectivity index (χ1n) is 11.8.